The normalized spacial score (nSPS) is 17.1. The zero-order valence-corrected chi connectivity index (χ0v) is 12.2. The van der Waals surface area contributed by atoms with E-state index in [4.69, 9.17) is 5.73 Å². The minimum Gasteiger partial charge on any atom is -0.398 e. The minimum atomic E-state index is -3.19. The third kappa shape index (κ3) is 3.71. The molecule has 0 aromatic heterocycles. The van der Waals surface area contributed by atoms with Gasteiger partial charge in [-0.15, -0.1) is 0 Å². The number of hydrogen-bond acceptors (Lipinski definition) is 4. The zero-order valence-electron chi connectivity index (χ0n) is 11.4. The number of carbonyl (C=O) groups excluding carboxylic acids is 1. The number of para-hydroxylation sites is 1. The van der Waals surface area contributed by atoms with Crippen molar-refractivity contribution in [2.24, 2.45) is 0 Å². The monoisotopic (exact) mass is 297 g/mol. The van der Waals surface area contributed by atoms with Gasteiger partial charge in [-0.3, -0.25) is 4.79 Å². The Labute approximate surface area is 119 Å². The first-order chi connectivity index (χ1) is 9.37. The molecule has 2 rings (SSSR count). The maximum absolute atomic E-state index is 12.3. The SMILES string of the molecule is CS(=O)(=O)NC1CCN(C(=O)c2ccccc2N)CC1. The smallest absolute Gasteiger partial charge is 0.255 e. The molecule has 1 aliphatic rings. The van der Waals surface area contributed by atoms with E-state index in [2.05, 4.69) is 4.72 Å². The Morgan fingerprint density at radius 1 is 1.30 bits per heavy atom. The fourth-order valence-corrected chi connectivity index (χ4v) is 3.21. The van der Waals surface area contributed by atoms with E-state index in [1.807, 2.05) is 0 Å². The first-order valence-electron chi connectivity index (χ1n) is 6.48. The van der Waals surface area contributed by atoms with Crippen molar-refractivity contribution >= 4 is 21.6 Å². The van der Waals surface area contributed by atoms with Crippen LogP contribution in [0.1, 0.15) is 23.2 Å². The molecule has 110 valence electrons. The molecule has 1 aromatic rings. The summed E-state index contributed by atoms with van der Waals surface area (Å²) in [5.74, 6) is -0.0964. The molecule has 3 N–H and O–H groups in total. The molecule has 20 heavy (non-hydrogen) atoms. The number of benzene rings is 1. The van der Waals surface area contributed by atoms with Gasteiger partial charge < -0.3 is 10.6 Å². The fourth-order valence-electron chi connectivity index (χ4n) is 2.37. The van der Waals surface area contributed by atoms with E-state index >= 15 is 0 Å². The highest BCUT2D eigenvalue weighted by molar-refractivity contribution is 7.88. The second-order valence-corrected chi connectivity index (χ2v) is 6.82. The first-order valence-corrected chi connectivity index (χ1v) is 8.37. The van der Waals surface area contributed by atoms with E-state index < -0.39 is 10.0 Å². The number of anilines is 1. The van der Waals surface area contributed by atoms with E-state index in [-0.39, 0.29) is 11.9 Å². The van der Waals surface area contributed by atoms with Crippen molar-refractivity contribution in [2.75, 3.05) is 25.1 Å². The Morgan fingerprint density at radius 2 is 1.90 bits per heavy atom. The highest BCUT2D eigenvalue weighted by atomic mass is 32.2. The summed E-state index contributed by atoms with van der Waals surface area (Å²) in [6.07, 6.45) is 2.38. The topological polar surface area (TPSA) is 92.5 Å². The van der Waals surface area contributed by atoms with Gasteiger partial charge >= 0.3 is 0 Å². The average molecular weight is 297 g/mol. The quantitative estimate of drug-likeness (QED) is 0.791. The predicted molar refractivity (Wildman–Crippen MR) is 77.8 cm³/mol. The Kier molecular flexibility index (Phi) is 4.29. The van der Waals surface area contributed by atoms with Gasteiger partial charge in [0, 0.05) is 24.8 Å². The summed E-state index contributed by atoms with van der Waals surface area (Å²) in [7, 11) is -3.19. The molecule has 1 amide bonds. The predicted octanol–water partition coefficient (Wildman–Crippen LogP) is 0.423. The molecule has 1 heterocycles. The summed E-state index contributed by atoms with van der Waals surface area (Å²) < 4.78 is 24.9. The molecule has 0 radical (unpaired) electrons. The van der Waals surface area contributed by atoms with Gasteiger partial charge in [-0.1, -0.05) is 12.1 Å². The van der Waals surface area contributed by atoms with Crippen LogP contribution in [0.25, 0.3) is 0 Å². The number of hydrogen-bond donors (Lipinski definition) is 2. The van der Waals surface area contributed by atoms with E-state index in [0.29, 0.717) is 37.2 Å². The van der Waals surface area contributed by atoms with Gasteiger partial charge in [0.25, 0.3) is 5.91 Å². The molecule has 1 aliphatic heterocycles. The van der Waals surface area contributed by atoms with E-state index in [1.165, 1.54) is 0 Å². The Morgan fingerprint density at radius 3 is 2.45 bits per heavy atom. The van der Waals surface area contributed by atoms with E-state index in [9.17, 15) is 13.2 Å². The molecule has 0 saturated carbocycles. The van der Waals surface area contributed by atoms with Crippen LogP contribution in [0.2, 0.25) is 0 Å². The Balaban J connectivity index is 1.97. The van der Waals surface area contributed by atoms with Crippen LogP contribution in [-0.2, 0) is 10.0 Å². The summed E-state index contributed by atoms with van der Waals surface area (Å²) >= 11 is 0. The average Bonchev–Trinajstić information content (AvgIpc) is 2.37. The lowest BCUT2D eigenvalue weighted by atomic mass is 10.0. The fraction of sp³-hybridized carbons (Fsp3) is 0.462. The number of amides is 1. The summed E-state index contributed by atoms with van der Waals surface area (Å²) in [5.41, 5.74) is 6.77. The van der Waals surface area contributed by atoms with Crippen molar-refractivity contribution in [1.82, 2.24) is 9.62 Å². The van der Waals surface area contributed by atoms with Crippen molar-refractivity contribution in [3.8, 4) is 0 Å². The minimum absolute atomic E-state index is 0.0952. The molecule has 0 spiro atoms. The van der Waals surface area contributed by atoms with Crippen LogP contribution in [0, 0.1) is 0 Å². The van der Waals surface area contributed by atoms with Crippen LogP contribution >= 0.6 is 0 Å². The standard InChI is InChI=1S/C13H19N3O3S/c1-20(18,19)15-10-6-8-16(9-7-10)13(17)11-4-2-3-5-12(11)14/h2-5,10,15H,6-9,14H2,1H3. The van der Waals surface area contributed by atoms with Crippen molar-refractivity contribution in [3.63, 3.8) is 0 Å². The van der Waals surface area contributed by atoms with Crippen molar-refractivity contribution in [2.45, 2.75) is 18.9 Å². The third-order valence-electron chi connectivity index (χ3n) is 3.35. The van der Waals surface area contributed by atoms with Crippen molar-refractivity contribution in [1.29, 1.82) is 0 Å². The number of nitrogen functional groups attached to an aromatic ring is 1. The molecule has 0 aliphatic carbocycles. The molecule has 7 heteroatoms. The maximum Gasteiger partial charge on any atom is 0.255 e. The lowest BCUT2D eigenvalue weighted by Gasteiger charge is -2.32. The zero-order chi connectivity index (χ0) is 14.8. The number of nitrogens with two attached hydrogens (primary N) is 1. The summed E-state index contributed by atoms with van der Waals surface area (Å²) in [4.78, 5) is 14.0. The first kappa shape index (κ1) is 14.8. The lowest BCUT2D eigenvalue weighted by molar-refractivity contribution is 0.0712. The van der Waals surface area contributed by atoms with Gasteiger partial charge in [-0.25, -0.2) is 13.1 Å². The van der Waals surface area contributed by atoms with Crippen LogP contribution in [0.15, 0.2) is 24.3 Å². The van der Waals surface area contributed by atoms with Gasteiger partial charge in [0.15, 0.2) is 0 Å². The van der Waals surface area contributed by atoms with Crippen molar-refractivity contribution < 1.29 is 13.2 Å². The van der Waals surface area contributed by atoms with Crippen LogP contribution in [-0.4, -0.2) is 44.6 Å². The maximum atomic E-state index is 12.3. The molecule has 1 fully saturated rings. The highest BCUT2D eigenvalue weighted by Gasteiger charge is 2.25. The molecular formula is C13H19N3O3S. The lowest BCUT2D eigenvalue weighted by Crippen LogP contribution is -2.46. The van der Waals surface area contributed by atoms with Gasteiger partial charge in [0.2, 0.25) is 10.0 Å². The van der Waals surface area contributed by atoms with Crippen LogP contribution in [0.3, 0.4) is 0 Å². The number of carbonyl (C=O) groups is 1. The molecule has 0 unspecified atom stereocenters. The van der Waals surface area contributed by atoms with Crippen LogP contribution in [0.5, 0.6) is 0 Å². The number of nitrogens with zero attached hydrogens (tertiary/aromatic N) is 1. The second kappa shape index (κ2) is 5.80. The van der Waals surface area contributed by atoms with E-state index in [0.717, 1.165) is 6.26 Å². The number of sulfonamides is 1. The molecule has 1 aromatic carbocycles. The molecule has 0 bridgehead atoms. The molecule has 0 atom stereocenters. The summed E-state index contributed by atoms with van der Waals surface area (Å²) in [6, 6.07) is 6.88. The third-order valence-corrected chi connectivity index (χ3v) is 4.12. The number of nitrogens with one attached hydrogen (secondary N) is 1. The van der Waals surface area contributed by atoms with Gasteiger partial charge in [0.1, 0.15) is 0 Å². The van der Waals surface area contributed by atoms with Gasteiger partial charge in [0.05, 0.1) is 11.8 Å². The summed E-state index contributed by atoms with van der Waals surface area (Å²) in [6.45, 7) is 1.06. The molecule has 6 nitrogen and oxygen atoms in total. The Hall–Kier alpha value is -1.60. The number of rotatable bonds is 3. The van der Waals surface area contributed by atoms with E-state index in [1.54, 1.807) is 29.2 Å². The van der Waals surface area contributed by atoms with Crippen LogP contribution in [0.4, 0.5) is 5.69 Å². The van der Waals surface area contributed by atoms with Crippen LogP contribution < -0.4 is 10.5 Å². The highest BCUT2D eigenvalue weighted by Crippen LogP contribution is 2.18. The number of piperidine rings is 1. The number of likely N-dealkylation sites (tertiary alicyclic amines) is 1. The van der Waals surface area contributed by atoms with Gasteiger partial charge in [-0.2, -0.15) is 0 Å². The van der Waals surface area contributed by atoms with Crippen molar-refractivity contribution in [3.05, 3.63) is 29.8 Å². The molecule has 1 saturated heterocycles. The summed E-state index contributed by atoms with van der Waals surface area (Å²) in [5, 5.41) is 0. The Bertz CT molecular complexity index is 593. The molecular weight excluding hydrogens is 278 g/mol. The largest absolute Gasteiger partial charge is 0.398 e. The van der Waals surface area contributed by atoms with Gasteiger partial charge in [-0.05, 0) is 25.0 Å². The second-order valence-electron chi connectivity index (χ2n) is 5.04.